The van der Waals surface area contributed by atoms with Crippen LogP contribution in [0.25, 0.3) is 32.7 Å². The van der Waals surface area contributed by atoms with Crippen LogP contribution in [0.3, 0.4) is 0 Å². The smallest absolute Gasteiger partial charge is 0.0327 e. The summed E-state index contributed by atoms with van der Waals surface area (Å²) in [5.74, 6) is 2.85. The van der Waals surface area contributed by atoms with E-state index in [0.717, 1.165) is 15.6 Å². The van der Waals surface area contributed by atoms with Crippen LogP contribution in [-0.2, 0) is 0 Å². The molecule has 0 saturated carbocycles. The highest BCUT2D eigenvalue weighted by Gasteiger charge is 2.12. The first-order valence-corrected chi connectivity index (χ1v) is 8.25. The summed E-state index contributed by atoms with van der Waals surface area (Å²) >= 11 is 3.65. The lowest BCUT2D eigenvalue weighted by atomic mass is 9.90. The van der Waals surface area contributed by atoms with Crippen molar-refractivity contribution in [3.05, 3.63) is 82.8 Å². The van der Waals surface area contributed by atoms with Gasteiger partial charge in [0.1, 0.15) is 0 Å². The molecule has 0 aliphatic carbocycles. The lowest BCUT2D eigenvalue weighted by Crippen LogP contribution is -1.89. The average Bonchev–Trinajstić information content (AvgIpc) is 2.62. The highest BCUT2D eigenvalue weighted by molar-refractivity contribution is 9.10. The third kappa shape index (κ3) is 2.23. The normalized spacial score (nSPS) is 10.8. The second-order valence-electron chi connectivity index (χ2n) is 5.49. The number of fused-ring (bicyclic) bond motifs is 2. The van der Waals surface area contributed by atoms with Gasteiger partial charge in [0, 0.05) is 15.6 Å². The lowest BCUT2D eigenvalue weighted by Gasteiger charge is -2.13. The molecule has 0 spiro atoms. The van der Waals surface area contributed by atoms with E-state index in [4.69, 9.17) is 6.42 Å². The Bertz CT molecular complexity index is 1080. The molecule has 0 aliphatic rings. The van der Waals surface area contributed by atoms with Crippen molar-refractivity contribution in [2.75, 3.05) is 0 Å². The van der Waals surface area contributed by atoms with Crippen LogP contribution >= 0.6 is 15.9 Å². The van der Waals surface area contributed by atoms with E-state index in [2.05, 4.69) is 88.6 Å². The molecular weight excluding hydrogens is 344 g/mol. The van der Waals surface area contributed by atoms with Crippen molar-refractivity contribution < 1.29 is 0 Å². The van der Waals surface area contributed by atoms with Gasteiger partial charge >= 0.3 is 0 Å². The van der Waals surface area contributed by atoms with Gasteiger partial charge in [0.25, 0.3) is 0 Å². The van der Waals surface area contributed by atoms with Gasteiger partial charge in [-0.05, 0) is 39.2 Å². The van der Waals surface area contributed by atoms with Gasteiger partial charge in [0.05, 0.1) is 0 Å². The lowest BCUT2D eigenvalue weighted by molar-refractivity contribution is 1.64. The minimum absolute atomic E-state index is 0.927. The molecule has 4 aromatic carbocycles. The number of terminal acetylenes is 1. The third-order valence-corrected chi connectivity index (χ3v) is 4.92. The fourth-order valence-electron chi connectivity index (χ4n) is 3.16. The topological polar surface area (TPSA) is 0 Å². The zero-order valence-electron chi connectivity index (χ0n) is 12.4. The van der Waals surface area contributed by atoms with Gasteiger partial charge in [-0.15, -0.1) is 6.42 Å². The van der Waals surface area contributed by atoms with Crippen molar-refractivity contribution in [1.29, 1.82) is 0 Å². The van der Waals surface area contributed by atoms with Crippen LogP contribution in [0.1, 0.15) is 5.56 Å². The maximum absolute atomic E-state index is 5.79. The monoisotopic (exact) mass is 356 g/mol. The summed E-state index contributed by atoms with van der Waals surface area (Å²) in [5.41, 5.74) is 3.24. The molecule has 1 heteroatoms. The number of hydrogen-bond donors (Lipinski definition) is 0. The third-order valence-electron chi connectivity index (χ3n) is 4.22. The Balaban J connectivity index is 2.20. The van der Waals surface area contributed by atoms with E-state index in [9.17, 15) is 0 Å². The average molecular weight is 357 g/mol. The molecule has 0 aliphatic heterocycles. The molecule has 0 fully saturated rings. The molecule has 0 amide bonds. The quantitative estimate of drug-likeness (QED) is 0.346. The highest BCUT2D eigenvalue weighted by Crippen LogP contribution is 2.38. The van der Waals surface area contributed by atoms with Gasteiger partial charge in [-0.2, -0.15) is 0 Å². The second kappa shape index (κ2) is 5.57. The number of halogens is 1. The van der Waals surface area contributed by atoms with Crippen molar-refractivity contribution in [2.24, 2.45) is 0 Å². The van der Waals surface area contributed by atoms with E-state index in [0.29, 0.717) is 0 Å². The van der Waals surface area contributed by atoms with Gasteiger partial charge in [-0.1, -0.05) is 82.5 Å². The van der Waals surface area contributed by atoms with Crippen molar-refractivity contribution in [3.8, 4) is 23.5 Å². The maximum atomic E-state index is 5.79. The van der Waals surface area contributed by atoms with Crippen LogP contribution in [0.5, 0.6) is 0 Å². The van der Waals surface area contributed by atoms with E-state index in [1.807, 2.05) is 6.07 Å². The Kier molecular flexibility index (Phi) is 3.41. The van der Waals surface area contributed by atoms with Gasteiger partial charge in [-0.3, -0.25) is 0 Å². The van der Waals surface area contributed by atoms with E-state index in [1.165, 1.54) is 27.1 Å². The summed E-state index contributed by atoms with van der Waals surface area (Å²) in [6.07, 6.45) is 5.79. The molecule has 0 radical (unpaired) electrons. The molecule has 4 rings (SSSR count). The number of benzene rings is 4. The van der Waals surface area contributed by atoms with Gasteiger partial charge in [0.15, 0.2) is 0 Å². The molecule has 0 bridgehead atoms. The van der Waals surface area contributed by atoms with Crippen LogP contribution in [0.4, 0.5) is 0 Å². The van der Waals surface area contributed by atoms with Crippen LogP contribution in [0.2, 0.25) is 0 Å². The molecular formula is C22H13Br. The molecule has 0 N–H and O–H groups in total. The molecule has 0 heterocycles. The number of rotatable bonds is 1. The Morgan fingerprint density at radius 3 is 2.17 bits per heavy atom. The first-order valence-electron chi connectivity index (χ1n) is 7.45. The van der Waals surface area contributed by atoms with E-state index >= 15 is 0 Å². The first-order chi connectivity index (χ1) is 11.3. The summed E-state index contributed by atoms with van der Waals surface area (Å²) < 4.78 is 1.10. The Labute approximate surface area is 143 Å². The molecule has 0 nitrogen and oxygen atoms in total. The standard InChI is InChI=1S/C22H13Br/c1-2-15-11-12-16-7-3-4-8-17(16)22(15)20-13-14-21(23)19-10-6-5-9-18(19)20/h1,3-14H. The Morgan fingerprint density at radius 2 is 1.39 bits per heavy atom. The van der Waals surface area contributed by atoms with Crippen molar-refractivity contribution in [2.45, 2.75) is 0 Å². The minimum atomic E-state index is 0.927. The molecule has 4 aromatic rings. The van der Waals surface area contributed by atoms with Gasteiger partial charge < -0.3 is 0 Å². The second-order valence-corrected chi connectivity index (χ2v) is 6.35. The van der Waals surface area contributed by atoms with E-state index < -0.39 is 0 Å². The van der Waals surface area contributed by atoms with Crippen LogP contribution < -0.4 is 0 Å². The summed E-state index contributed by atoms with van der Waals surface area (Å²) in [4.78, 5) is 0. The van der Waals surface area contributed by atoms with Gasteiger partial charge in [-0.25, -0.2) is 0 Å². The van der Waals surface area contributed by atoms with Crippen molar-refractivity contribution in [3.63, 3.8) is 0 Å². The summed E-state index contributed by atoms with van der Waals surface area (Å²) in [6, 6.07) is 25.2. The SMILES string of the molecule is C#Cc1ccc2ccccc2c1-c1ccc(Br)c2ccccc12. The van der Waals surface area contributed by atoms with E-state index in [1.54, 1.807) is 0 Å². The summed E-state index contributed by atoms with van der Waals surface area (Å²) in [6.45, 7) is 0. The fourth-order valence-corrected chi connectivity index (χ4v) is 3.64. The highest BCUT2D eigenvalue weighted by atomic mass is 79.9. The Morgan fingerprint density at radius 1 is 0.696 bits per heavy atom. The van der Waals surface area contributed by atoms with Crippen molar-refractivity contribution >= 4 is 37.5 Å². The fraction of sp³-hybridized carbons (Fsp3) is 0. The maximum Gasteiger partial charge on any atom is 0.0327 e. The van der Waals surface area contributed by atoms with Crippen LogP contribution in [-0.4, -0.2) is 0 Å². The van der Waals surface area contributed by atoms with Crippen LogP contribution in [0, 0.1) is 12.3 Å². The van der Waals surface area contributed by atoms with Crippen LogP contribution in [0.15, 0.2) is 77.3 Å². The molecule has 0 saturated heterocycles. The largest absolute Gasteiger partial charge is 0.115 e. The Hall–Kier alpha value is -2.56. The number of hydrogen-bond acceptors (Lipinski definition) is 0. The zero-order chi connectivity index (χ0) is 15.8. The first kappa shape index (κ1) is 14.1. The minimum Gasteiger partial charge on any atom is -0.115 e. The predicted molar refractivity (Wildman–Crippen MR) is 103 cm³/mol. The molecule has 0 atom stereocenters. The molecule has 0 aromatic heterocycles. The molecule has 23 heavy (non-hydrogen) atoms. The van der Waals surface area contributed by atoms with E-state index in [-0.39, 0.29) is 0 Å². The molecule has 0 unspecified atom stereocenters. The predicted octanol–water partition coefficient (Wildman–Crippen LogP) is 6.40. The zero-order valence-corrected chi connectivity index (χ0v) is 14.0. The van der Waals surface area contributed by atoms with Gasteiger partial charge in [0.2, 0.25) is 0 Å². The summed E-state index contributed by atoms with van der Waals surface area (Å²) in [7, 11) is 0. The van der Waals surface area contributed by atoms with Crippen molar-refractivity contribution in [1.82, 2.24) is 0 Å². The molecule has 108 valence electrons. The summed E-state index contributed by atoms with van der Waals surface area (Å²) in [5, 5.41) is 4.79.